The van der Waals surface area contributed by atoms with Gasteiger partial charge in [-0.2, -0.15) is 0 Å². The summed E-state index contributed by atoms with van der Waals surface area (Å²) in [5, 5.41) is 4.05. The van der Waals surface area contributed by atoms with Crippen LogP contribution in [0.25, 0.3) is 16.8 Å². The number of fused-ring (bicyclic) bond motifs is 1. The molecule has 4 amide bonds. The zero-order valence-corrected chi connectivity index (χ0v) is 19.4. The van der Waals surface area contributed by atoms with Crippen LogP contribution in [0.1, 0.15) is 25.0 Å². The summed E-state index contributed by atoms with van der Waals surface area (Å²) in [7, 11) is 0. The Morgan fingerprint density at radius 1 is 1.03 bits per heavy atom. The highest BCUT2D eigenvalue weighted by Gasteiger charge is 2.37. The summed E-state index contributed by atoms with van der Waals surface area (Å²) in [6.45, 7) is 5.66. The fourth-order valence-corrected chi connectivity index (χ4v) is 3.83. The van der Waals surface area contributed by atoms with Gasteiger partial charge in [0.05, 0.1) is 11.8 Å². The highest BCUT2D eigenvalue weighted by Crippen LogP contribution is 2.33. The van der Waals surface area contributed by atoms with E-state index in [0.717, 1.165) is 25.7 Å². The Hall–Kier alpha value is -3.45. The average molecular weight is 493 g/mol. The largest absolute Gasteiger partial charge is 0.490 e. The Bertz CT molecular complexity index is 1300. The van der Waals surface area contributed by atoms with Crippen LogP contribution in [0.15, 0.2) is 64.6 Å². The first kappa shape index (κ1) is 21.8. The molecule has 0 unspecified atom stereocenters. The molecule has 4 rings (SSSR count). The van der Waals surface area contributed by atoms with Gasteiger partial charge in [0.2, 0.25) is 0 Å². The Morgan fingerprint density at radius 2 is 1.78 bits per heavy atom. The summed E-state index contributed by atoms with van der Waals surface area (Å²) in [5.41, 5.74) is 1.70. The molecule has 1 aliphatic rings. The van der Waals surface area contributed by atoms with Crippen LogP contribution in [0.3, 0.4) is 0 Å². The number of anilines is 1. The molecule has 32 heavy (non-hydrogen) atoms. The van der Waals surface area contributed by atoms with E-state index in [0.29, 0.717) is 17.0 Å². The maximum atomic E-state index is 13.3. The lowest BCUT2D eigenvalue weighted by molar-refractivity contribution is -0.122. The molecule has 0 spiro atoms. The number of imide groups is 2. The third kappa shape index (κ3) is 4.03. The van der Waals surface area contributed by atoms with Gasteiger partial charge in [0.15, 0.2) is 0 Å². The zero-order valence-electron chi connectivity index (χ0n) is 17.8. The maximum absolute atomic E-state index is 13.3. The van der Waals surface area contributed by atoms with Crippen LogP contribution in [0.2, 0.25) is 0 Å². The van der Waals surface area contributed by atoms with Crippen molar-refractivity contribution < 1.29 is 19.1 Å². The normalized spacial score (nSPS) is 15.6. The van der Waals surface area contributed by atoms with Gasteiger partial charge in [-0.15, -0.1) is 0 Å². The third-order valence-corrected chi connectivity index (χ3v) is 5.97. The Labute approximate surface area is 194 Å². The number of ether oxygens (including phenoxy) is 1. The van der Waals surface area contributed by atoms with Gasteiger partial charge in [0.1, 0.15) is 11.3 Å². The van der Waals surface area contributed by atoms with Gasteiger partial charge in [0, 0.05) is 10.0 Å². The van der Waals surface area contributed by atoms with Crippen molar-refractivity contribution in [2.24, 2.45) is 0 Å². The molecular weight excluding hydrogens is 472 g/mol. The molecule has 0 radical (unpaired) electrons. The number of rotatable bonds is 4. The molecule has 6 nitrogen and oxygen atoms in total. The number of amides is 4. The van der Waals surface area contributed by atoms with E-state index in [4.69, 9.17) is 4.74 Å². The van der Waals surface area contributed by atoms with Crippen molar-refractivity contribution in [2.75, 3.05) is 4.90 Å². The molecule has 3 aromatic carbocycles. The molecule has 7 heteroatoms. The van der Waals surface area contributed by atoms with Crippen LogP contribution < -0.4 is 15.0 Å². The number of benzene rings is 3. The summed E-state index contributed by atoms with van der Waals surface area (Å²) in [5.74, 6) is -0.882. The van der Waals surface area contributed by atoms with Crippen LogP contribution in [0.5, 0.6) is 5.75 Å². The van der Waals surface area contributed by atoms with Crippen LogP contribution in [-0.4, -0.2) is 23.9 Å². The first-order valence-electron chi connectivity index (χ1n) is 10.1. The van der Waals surface area contributed by atoms with Crippen molar-refractivity contribution in [1.29, 1.82) is 0 Å². The molecule has 0 saturated carbocycles. The van der Waals surface area contributed by atoms with Gasteiger partial charge in [0.25, 0.3) is 11.8 Å². The molecule has 0 aliphatic carbocycles. The van der Waals surface area contributed by atoms with Gasteiger partial charge >= 0.3 is 6.03 Å². The van der Waals surface area contributed by atoms with Crippen LogP contribution in [0.4, 0.5) is 10.5 Å². The molecule has 1 heterocycles. The lowest BCUT2D eigenvalue weighted by Gasteiger charge is -2.27. The van der Waals surface area contributed by atoms with Crippen molar-refractivity contribution in [3.63, 3.8) is 0 Å². The maximum Gasteiger partial charge on any atom is 0.335 e. The van der Waals surface area contributed by atoms with Crippen molar-refractivity contribution >= 4 is 56.3 Å². The molecule has 3 aromatic rings. The summed E-state index contributed by atoms with van der Waals surface area (Å²) in [6.07, 6.45) is 1.40. The first-order chi connectivity index (χ1) is 15.3. The summed E-state index contributed by atoms with van der Waals surface area (Å²) >= 11 is 3.42. The van der Waals surface area contributed by atoms with Crippen molar-refractivity contribution in [2.45, 2.75) is 26.9 Å². The molecule has 1 fully saturated rings. The van der Waals surface area contributed by atoms with Crippen LogP contribution in [0, 0.1) is 6.92 Å². The molecule has 1 aliphatic heterocycles. The quantitative estimate of drug-likeness (QED) is 0.392. The second-order valence-corrected chi connectivity index (χ2v) is 8.61. The number of urea groups is 1. The fraction of sp³-hybridized carbons (Fsp3) is 0.160. The van der Waals surface area contributed by atoms with E-state index in [9.17, 15) is 14.4 Å². The SMILES string of the molecule is Cc1cc(N2C(=O)NC(=O)/C(=C/c3c(OC(C)C)ccc4ccccc34)C2=O)ccc1Br. The van der Waals surface area contributed by atoms with E-state index in [-0.39, 0.29) is 11.7 Å². The molecule has 0 bridgehead atoms. The average Bonchev–Trinajstić information content (AvgIpc) is 2.74. The number of barbiturate groups is 1. The molecule has 0 atom stereocenters. The Morgan fingerprint density at radius 3 is 2.50 bits per heavy atom. The van der Waals surface area contributed by atoms with E-state index >= 15 is 0 Å². The van der Waals surface area contributed by atoms with Crippen molar-refractivity contribution in [1.82, 2.24) is 5.32 Å². The molecule has 1 saturated heterocycles. The van der Waals surface area contributed by atoms with Crippen LogP contribution in [-0.2, 0) is 9.59 Å². The predicted octanol–water partition coefficient (Wildman–Crippen LogP) is 5.36. The lowest BCUT2D eigenvalue weighted by atomic mass is 9.99. The summed E-state index contributed by atoms with van der Waals surface area (Å²) in [6, 6.07) is 15.7. The predicted molar refractivity (Wildman–Crippen MR) is 128 cm³/mol. The molecule has 1 N–H and O–H groups in total. The Kier molecular flexibility index (Phi) is 5.84. The van der Waals surface area contributed by atoms with E-state index in [1.165, 1.54) is 6.08 Å². The van der Waals surface area contributed by atoms with E-state index < -0.39 is 17.8 Å². The van der Waals surface area contributed by atoms with Gasteiger partial charge in [-0.1, -0.05) is 46.3 Å². The monoisotopic (exact) mass is 492 g/mol. The lowest BCUT2D eigenvalue weighted by Crippen LogP contribution is -2.54. The van der Waals surface area contributed by atoms with Gasteiger partial charge in [-0.3, -0.25) is 14.9 Å². The molecule has 162 valence electrons. The second kappa shape index (κ2) is 8.59. The van der Waals surface area contributed by atoms with E-state index in [2.05, 4.69) is 21.2 Å². The van der Waals surface area contributed by atoms with Gasteiger partial charge in [-0.05, 0) is 67.4 Å². The fourth-order valence-electron chi connectivity index (χ4n) is 3.59. The number of carbonyl (C=O) groups is 3. The standard InChI is InChI=1S/C25H21BrN2O4/c1-14(2)32-22-11-8-16-6-4-5-7-18(16)19(22)13-20-23(29)27-25(31)28(24(20)30)17-9-10-21(26)15(3)12-17/h4-14H,1-3H3,(H,27,29,31)/b20-13-. The number of aryl methyl sites for hydroxylation is 1. The molecule has 0 aromatic heterocycles. The number of nitrogens with one attached hydrogen (secondary N) is 1. The van der Waals surface area contributed by atoms with E-state index in [1.807, 2.05) is 57.2 Å². The minimum Gasteiger partial charge on any atom is -0.490 e. The number of hydrogen-bond donors (Lipinski definition) is 1. The topological polar surface area (TPSA) is 75.7 Å². The number of halogens is 1. The first-order valence-corrected chi connectivity index (χ1v) is 10.9. The Balaban J connectivity index is 1.86. The highest BCUT2D eigenvalue weighted by atomic mass is 79.9. The van der Waals surface area contributed by atoms with Crippen LogP contribution >= 0.6 is 15.9 Å². The number of carbonyl (C=O) groups excluding carboxylic acids is 3. The second-order valence-electron chi connectivity index (χ2n) is 7.76. The van der Waals surface area contributed by atoms with Gasteiger partial charge < -0.3 is 4.74 Å². The zero-order chi connectivity index (χ0) is 23.0. The number of nitrogens with zero attached hydrogens (tertiary/aromatic N) is 1. The van der Waals surface area contributed by atoms with Crippen molar-refractivity contribution in [3.05, 3.63) is 75.8 Å². The summed E-state index contributed by atoms with van der Waals surface area (Å²) < 4.78 is 6.80. The number of hydrogen-bond acceptors (Lipinski definition) is 4. The van der Waals surface area contributed by atoms with Crippen molar-refractivity contribution in [3.8, 4) is 5.75 Å². The minimum atomic E-state index is -0.782. The van der Waals surface area contributed by atoms with Gasteiger partial charge in [-0.25, -0.2) is 9.69 Å². The molecular formula is C25H21BrN2O4. The smallest absolute Gasteiger partial charge is 0.335 e. The summed E-state index contributed by atoms with van der Waals surface area (Å²) in [4.78, 5) is 39.5. The highest BCUT2D eigenvalue weighted by molar-refractivity contribution is 9.10. The van der Waals surface area contributed by atoms with E-state index in [1.54, 1.807) is 18.2 Å². The minimum absolute atomic E-state index is 0.104. The third-order valence-electron chi connectivity index (χ3n) is 5.08.